The highest BCUT2D eigenvalue weighted by Crippen LogP contribution is 2.30. The summed E-state index contributed by atoms with van der Waals surface area (Å²) in [5.74, 6) is 0.855. The number of carbonyl (C=O) groups is 1. The van der Waals surface area contributed by atoms with Gasteiger partial charge in [-0.25, -0.2) is 15.0 Å². The third-order valence-corrected chi connectivity index (χ3v) is 6.38. The highest BCUT2D eigenvalue weighted by atomic mass is 16.3. The van der Waals surface area contributed by atoms with Gasteiger partial charge < -0.3 is 20.6 Å². The molecule has 3 N–H and O–H groups in total. The van der Waals surface area contributed by atoms with Crippen molar-refractivity contribution >= 4 is 40.0 Å². The molecule has 0 radical (unpaired) electrons. The van der Waals surface area contributed by atoms with Crippen LogP contribution in [0.1, 0.15) is 0 Å². The molecule has 5 rings (SSSR count). The first kappa shape index (κ1) is 24.4. The topological polar surface area (TPSA) is 107 Å². The van der Waals surface area contributed by atoms with E-state index in [0.29, 0.717) is 17.5 Å². The number of hydrogen-bond donors (Lipinski definition) is 3. The van der Waals surface area contributed by atoms with Gasteiger partial charge in [-0.1, -0.05) is 36.9 Å². The number of nitrogens with one attached hydrogen (secondary N) is 2. The van der Waals surface area contributed by atoms with E-state index in [0.717, 1.165) is 60.4 Å². The zero-order valence-electron chi connectivity index (χ0n) is 20.5. The summed E-state index contributed by atoms with van der Waals surface area (Å²) in [6, 6.07) is 17.5. The molecule has 0 saturated carbocycles. The third kappa shape index (κ3) is 5.74. The number of fused-ring (bicyclic) bond motifs is 1. The van der Waals surface area contributed by atoms with Gasteiger partial charge in [0, 0.05) is 55.6 Å². The van der Waals surface area contributed by atoms with Crippen molar-refractivity contribution < 1.29 is 9.90 Å². The summed E-state index contributed by atoms with van der Waals surface area (Å²) in [6.07, 6.45) is 4.90. The molecule has 2 aromatic heterocycles. The molecule has 2 aromatic carbocycles. The van der Waals surface area contributed by atoms with Crippen LogP contribution in [0.25, 0.3) is 22.0 Å². The van der Waals surface area contributed by atoms with Gasteiger partial charge in [0.25, 0.3) is 0 Å². The van der Waals surface area contributed by atoms with Gasteiger partial charge in [0.1, 0.15) is 5.82 Å². The first-order valence-corrected chi connectivity index (χ1v) is 12.2. The Labute approximate surface area is 215 Å². The molecule has 1 aliphatic heterocycles. The van der Waals surface area contributed by atoms with Crippen LogP contribution in [0.2, 0.25) is 0 Å². The number of rotatable bonds is 8. The number of nitrogens with zero attached hydrogens (tertiary/aromatic N) is 5. The van der Waals surface area contributed by atoms with Crippen molar-refractivity contribution in [3.63, 3.8) is 0 Å². The molecule has 9 heteroatoms. The molecule has 0 spiro atoms. The predicted molar refractivity (Wildman–Crippen MR) is 147 cm³/mol. The molecule has 1 amide bonds. The van der Waals surface area contributed by atoms with E-state index >= 15 is 0 Å². The van der Waals surface area contributed by atoms with E-state index < -0.39 is 0 Å². The predicted octanol–water partition coefficient (Wildman–Crippen LogP) is 3.67. The summed E-state index contributed by atoms with van der Waals surface area (Å²) in [7, 11) is 0. The van der Waals surface area contributed by atoms with Crippen LogP contribution in [-0.4, -0.2) is 70.2 Å². The van der Waals surface area contributed by atoms with E-state index in [1.165, 1.54) is 6.08 Å². The summed E-state index contributed by atoms with van der Waals surface area (Å²) < 4.78 is 0. The second-order valence-electron chi connectivity index (χ2n) is 8.79. The minimum atomic E-state index is -0.258. The number of pyridine rings is 1. The van der Waals surface area contributed by atoms with E-state index in [1.807, 2.05) is 60.8 Å². The number of aliphatic hydroxyl groups is 1. The summed E-state index contributed by atoms with van der Waals surface area (Å²) in [5.41, 5.74) is 4.41. The first-order chi connectivity index (χ1) is 18.1. The fourth-order valence-electron chi connectivity index (χ4n) is 4.44. The van der Waals surface area contributed by atoms with Crippen molar-refractivity contribution in [1.29, 1.82) is 0 Å². The average molecular weight is 496 g/mol. The Hall–Kier alpha value is -4.34. The second kappa shape index (κ2) is 11.2. The Morgan fingerprint density at radius 3 is 2.62 bits per heavy atom. The highest BCUT2D eigenvalue weighted by molar-refractivity contribution is 6.00. The minimum Gasteiger partial charge on any atom is -0.395 e. The molecule has 0 aliphatic carbocycles. The number of carbonyl (C=O) groups excluding carboxylic acids is 1. The van der Waals surface area contributed by atoms with Gasteiger partial charge in [-0.15, -0.1) is 0 Å². The van der Waals surface area contributed by atoms with Crippen LogP contribution in [0, 0.1) is 0 Å². The first-order valence-electron chi connectivity index (χ1n) is 12.2. The minimum absolute atomic E-state index is 0.195. The van der Waals surface area contributed by atoms with Crippen LogP contribution in [0.5, 0.6) is 0 Å². The lowest BCUT2D eigenvalue weighted by Crippen LogP contribution is -2.47. The van der Waals surface area contributed by atoms with Crippen LogP contribution in [0.4, 0.5) is 23.1 Å². The molecule has 0 atom stereocenters. The number of anilines is 4. The van der Waals surface area contributed by atoms with E-state index in [9.17, 15) is 4.79 Å². The molecule has 0 unspecified atom stereocenters. The highest BCUT2D eigenvalue weighted by Gasteiger charge is 2.17. The Morgan fingerprint density at radius 2 is 1.86 bits per heavy atom. The fourth-order valence-corrected chi connectivity index (χ4v) is 4.44. The Balaban J connectivity index is 1.34. The van der Waals surface area contributed by atoms with E-state index in [-0.39, 0.29) is 12.5 Å². The van der Waals surface area contributed by atoms with Crippen LogP contribution in [0.3, 0.4) is 0 Å². The maximum absolute atomic E-state index is 11.7. The molecular formula is C28H29N7O2. The molecule has 188 valence electrons. The largest absolute Gasteiger partial charge is 0.395 e. The van der Waals surface area contributed by atoms with Gasteiger partial charge in [0.15, 0.2) is 0 Å². The van der Waals surface area contributed by atoms with Crippen molar-refractivity contribution in [3.8, 4) is 11.1 Å². The summed E-state index contributed by atoms with van der Waals surface area (Å²) in [6.45, 7) is 8.09. The summed E-state index contributed by atoms with van der Waals surface area (Å²) in [4.78, 5) is 30.1. The van der Waals surface area contributed by atoms with Crippen molar-refractivity contribution in [1.82, 2.24) is 19.9 Å². The fraction of sp³-hybridized carbons (Fsp3) is 0.214. The maximum atomic E-state index is 11.7. The van der Waals surface area contributed by atoms with Gasteiger partial charge in [-0.3, -0.25) is 9.69 Å². The van der Waals surface area contributed by atoms with Gasteiger partial charge in [-0.2, -0.15) is 0 Å². The normalized spacial score (nSPS) is 13.9. The van der Waals surface area contributed by atoms with E-state index in [2.05, 4.69) is 37.0 Å². The standard InChI is InChI=1S/C28H29N7O2/c1-2-26(37)31-22-7-3-5-20(17-22)24-8-4-6-21-18-30-28(33-27(21)24)32-25-10-9-23(19-29-25)35-13-11-34(12-14-35)15-16-36/h2-10,17-19,36H,1,11-16H2,(H,31,37)(H,29,30,32,33). The summed E-state index contributed by atoms with van der Waals surface area (Å²) in [5, 5.41) is 16.1. The van der Waals surface area contributed by atoms with Crippen molar-refractivity contribution in [2.45, 2.75) is 0 Å². The molecule has 9 nitrogen and oxygen atoms in total. The van der Waals surface area contributed by atoms with Crippen molar-refractivity contribution in [2.24, 2.45) is 0 Å². The number of para-hydroxylation sites is 1. The lowest BCUT2D eigenvalue weighted by Gasteiger charge is -2.35. The molecule has 1 aliphatic rings. The van der Waals surface area contributed by atoms with Gasteiger partial charge >= 0.3 is 0 Å². The third-order valence-electron chi connectivity index (χ3n) is 6.38. The Bertz CT molecular complexity index is 1400. The van der Waals surface area contributed by atoms with Crippen LogP contribution in [-0.2, 0) is 4.79 Å². The van der Waals surface area contributed by atoms with Crippen molar-refractivity contribution in [2.75, 3.05) is 54.9 Å². The zero-order chi connectivity index (χ0) is 25.6. The van der Waals surface area contributed by atoms with Gasteiger partial charge in [0.2, 0.25) is 11.9 Å². The smallest absolute Gasteiger partial charge is 0.247 e. The van der Waals surface area contributed by atoms with Crippen LogP contribution in [0.15, 0.2) is 79.6 Å². The SMILES string of the molecule is C=CC(=O)Nc1cccc(-c2cccc3cnc(Nc4ccc(N5CCN(CCO)CC5)cn4)nc23)c1. The Kier molecular flexibility index (Phi) is 7.34. The molecule has 37 heavy (non-hydrogen) atoms. The number of aliphatic hydroxyl groups excluding tert-OH is 1. The molecule has 0 bridgehead atoms. The number of benzene rings is 2. The van der Waals surface area contributed by atoms with Crippen LogP contribution < -0.4 is 15.5 Å². The van der Waals surface area contributed by atoms with E-state index in [1.54, 1.807) is 6.20 Å². The zero-order valence-corrected chi connectivity index (χ0v) is 20.5. The Morgan fingerprint density at radius 1 is 1.03 bits per heavy atom. The van der Waals surface area contributed by atoms with E-state index in [4.69, 9.17) is 10.1 Å². The monoisotopic (exact) mass is 495 g/mol. The number of amides is 1. The molecule has 4 aromatic rings. The van der Waals surface area contributed by atoms with Crippen molar-refractivity contribution in [3.05, 3.63) is 79.6 Å². The lowest BCUT2D eigenvalue weighted by molar-refractivity contribution is -0.111. The number of hydrogen-bond acceptors (Lipinski definition) is 8. The van der Waals surface area contributed by atoms with Gasteiger partial charge in [-0.05, 0) is 35.9 Å². The average Bonchev–Trinajstić information content (AvgIpc) is 2.94. The lowest BCUT2D eigenvalue weighted by atomic mass is 10.0. The number of β-amino-alcohol motifs (C(OH)–C–C–N with tert-alkyl or cyclic N) is 1. The number of piperazine rings is 1. The molecule has 3 heterocycles. The molecule has 1 saturated heterocycles. The maximum Gasteiger partial charge on any atom is 0.247 e. The van der Waals surface area contributed by atoms with Crippen LogP contribution >= 0.6 is 0 Å². The quantitative estimate of drug-likeness (QED) is 0.318. The number of aromatic nitrogens is 3. The molecular weight excluding hydrogens is 466 g/mol. The molecule has 1 fully saturated rings. The van der Waals surface area contributed by atoms with Gasteiger partial charge in [0.05, 0.1) is 24.0 Å². The second-order valence-corrected chi connectivity index (χ2v) is 8.79. The summed E-state index contributed by atoms with van der Waals surface area (Å²) >= 11 is 0.